The molecule has 0 aliphatic rings. The molecule has 0 fully saturated rings. The number of unbranched alkanes of at least 4 members (excludes halogenated alkanes) is 3. The van der Waals surface area contributed by atoms with E-state index in [1.165, 1.54) is 82.1 Å². The van der Waals surface area contributed by atoms with Crippen LogP contribution in [0.5, 0.6) is 0 Å². The molecular weight excluding hydrogens is 1440 g/mol. The molecule has 0 saturated heterocycles. The lowest BCUT2D eigenvalue weighted by atomic mass is 9.97. The SMILES string of the molecule is C.CCCCCc1ccc(-c2ccc(-c3ccc(CC/C=C(/C)F)cc3)c(F)c2)cc1.CCCCc1ccc(-c2ccc(-c3ccc(CC/C=C(/C)F)cc3)c(F)c2)cc1.CCCc1ccc(-c2ccc(-c3ccc(CC/C=C(/C)F)cc3)c(F)c2)cc1.CCc1ccc(-c2ccc(-c3ccc(CC/C=C(/C)F)cc3)c(F)c2)cc1. The van der Waals surface area contributed by atoms with Crippen molar-refractivity contribution >= 4 is 0 Å². The number of benzene rings is 12. The Morgan fingerprint density at radius 2 is 0.417 bits per heavy atom. The lowest BCUT2D eigenvalue weighted by molar-refractivity contribution is 0.631. The predicted octanol–water partition coefficient (Wildman–Crippen LogP) is 33.1. The van der Waals surface area contributed by atoms with Crippen LogP contribution in [0, 0.1) is 23.3 Å². The predicted molar refractivity (Wildman–Crippen MR) is 474 cm³/mol. The molecule has 0 aliphatic carbocycles. The van der Waals surface area contributed by atoms with E-state index >= 15 is 0 Å². The van der Waals surface area contributed by atoms with Crippen molar-refractivity contribution in [1.82, 2.24) is 0 Å². The average Bonchev–Trinajstić information content (AvgIpc) is 0.836. The molecule has 12 aromatic rings. The monoisotopic (exact) mass is 1550 g/mol. The second kappa shape index (κ2) is 47.0. The first kappa shape index (κ1) is 89.6. The number of rotatable bonds is 30. The molecule has 0 aliphatic heterocycles. The Hall–Kier alpha value is -11.0. The van der Waals surface area contributed by atoms with Gasteiger partial charge in [0.25, 0.3) is 0 Å². The normalized spacial score (nSPS) is 11.5. The highest BCUT2D eigenvalue weighted by molar-refractivity contribution is 5.75. The van der Waals surface area contributed by atoms with Gasteiger partial charge in [-0.25, -0.2) is 35.1 Å². The molecule has 0 unspecified atom stereocenters. The van der Waals surface area contributed by atoms with Gasteiger partial charge >= 0.3 is 0 Å². The highest BCUT2D eigenvalue weighted by atomic mass is 19.2. The number of hydrogen-bond donors (Lipinski definition) is 0. The van der Waals surface area contributed by atoms with Crippen LogP contribution in [-0.4, -0.2) is 0 Å². The van der Waals surface area contributed by atoms with E-state index in [9.17, 15) is 35.1 Å². The van der Waals surface area contributed by atoms with Crippen molar-refractivity contribution in [2.75, 3.05) is 0 Å². The minimum absolute atomic E-state index is 0. The number of halogens is 8. The molecule has 8 heteroatoms. The lowest BCUT2D eigenvalue weighted by Gasteiger charge is -2.09. The number of allylic oxidation sites excluding steroid dienone is 8. The van der Waals surface area contributed by atoms with Crippen molar-refractivity contribution in [2.45, 2.75) is 178 Å². The van der Waals surface area contributed by atoms with E-state index in [0.717, 1.165) is 147 Å². The van der Waals surface area contributed by atoms with Gasteiger partial charge < -0.3 is 0 Å². The zero-order valence-electron chi connectivity index (χ0n) is 67.5. The van der Waals surface area contributed by atoms with Gasteiger partial charge in [-0.05, 0) is 253 Å². The minimum Gasteiger partial charge on any atom is -0.212 e. The first-order valence-electron chi connectivity index (χ1n) is 40.5. The second-order valence-corrected chi connectivity index (χ2v) is 29.3. The largest absolute Gasteiger partial charge is 0.212 e. The average molecular weight is 1550 g/mol. The molecular formula is C107H112F8. The number of hydrogen-bond acceptors (Lipinski definition) is 0. The summed E-state index contributed by atoms with van der Waals surface area (Å²) in [5.41, 5.74) is 23.1. The maximum absolute atomic E-state index is 14.8. The molecule has 0 atom stereocenters. The first-order valence-corrected chi connectivity index (χ1v) is 40.5. The maximum atomic E-state index is 14.8. The zero-order chi connectivity index (χ0) is 81.1. The molecule has 0 N–H and O–H groups in total. The smallest absolute Gasteiger partial charge is 0.131 e. The van der Waals surface area contributed by atoms with E-state index in [1.807, 2.05) is 158 Å². The van der Waals surface area contributed by atoms with Crippen molar-refractivity contribution in [3.63, 3.8) is 0 Å². The Kier molecular flexibility index (Phi) is 36.6. The lowest BCUT2D eigenvalue weighted by Crippen LogP contribution is -1.89. The van der Waals surface area contributed by atoms with Crippen LogP contribution in [0.25, 0.3) is 89.0 Å². The van der Waals surface area contributed by atoms with Crippen molar-refractivity contribution < 1.29 is 35.1 Å². The molecule has 0 aromatic heterocycles. The standard InChI is InChI=1S/C28H30F2.C27H28F2.C26H26F2.C25H24F2.CH4/c1-3-4-5-8-22-10-14-24(15-11-22)26-18-19-27(28(30)20-26)25-16-12-23(13-17-25)9-6-7-21(2)29;1-3-4-7-21-9-13-23(14-10-21)25-17-18-26(27(29)19-25)24-15-11-22(12-16-24)8-5-6-20(2)28;1-3-5-20-8-12-22(13-9-20)24-16-17-25(26(28)18-24)23-14-10-21(11-15-23)7-4-6-19(2)27;1-3-19-7-11-21(12-8-19)23-15-16-24(25(27)17-23)22-13-9-20(10-14-22)6-4-5-18(2)26;/h7,10-20H,3-6,8-9H2,1-2H3;6,9-19H,3-5,7-8H2,1-2H3;6,8-18H,3-5,7H2,1-2H3;5,7-17H,3-4,6H2,1-2H3;1H4/b21-7-;20-6-;19-6-;18-5-;. The van der Waals surface area contributed by atoms with Gasteiger partial charge in [0, 0.05) is 22.3 Å². The molecule has 115 heavy (non-hydrogen) atoms. The Bertz CT molecular complexity index is 5050. The van der Waals surface area contributed by atoms with Gasteiger partial charge in [-0.15, -0.1) is 0 Å². The van der Waals surface area contributed by atoms with Gasteiger partial charge in [0.05, 0.1) is 23.3 Å². The molecule has 0 heterocycles. The molecule has 0 spiro atoms. The fourth-order valence-corrected chi connectivity index (χ4v) is 13.6. The van der Waals surface area contributed by atoms with Gasteiger partial charge in [0.2, 0.25) is 0 Å². The van der Waals surface area contributed by atoms with Crippen LogP contribution < -0.4 is 0 Å². The van der Waals surface area contributed by atoms with Gasteiger partial charge in [-0.3, -0.25) is 0 Å². The highest BCUT2D eigenvalue weighted by Crippen LogP contribution is 2.35. The van der Waals surface area contributed by atoms with Crippen LogP contribution in [0.3, 0.4) is 0 Å². The van der Waals surface area contributed by atoms with E-state index in [0.29, 0.717) is 47.9 Å². The molecule has 12 aromatic carbocycles. The first-order chi connectivity index (χ1) is 55.3. The summed E-state index contributed by atoms with van der Waals surface area (Å²) in [6.07, 6.45) is 23.5. The van der Waals surface area contributed by atoms with Crippen molar-refractivity contribution in [1.29, 1.82) is 0 Å². The van der Waals surface area contributed by atoms with E-state index in [1.54, 1.807) is 48.6 Å². The Labute approximate surface area is 680 Å². The van der Waals surface area contributed by atoms with Gasteiger partial charge in [0.15, 0.2) is 0 Å². The van der Waals surface area contributed by atoms with Gasteiger partial charge in [-0.2, -0.15) is 0 Å². The van der Waals surface area contributed by atoms with Crippen LogP contribution >= 0.6 is 0 Å². The summed E-state index contributed by atoms with van der Waals surface area (Å²) >= 11 is 0. The third-order valence-corrected chi connectivity index (χ3v) is 20.4. The van der Waals surface area contributed by atoms with Crippen molar-refractivity contribution in [3.05, 3.63) is 382 Å². The third-order valence-electron chi connectivity index (χ3n) is 20.4. The summed E-state index contributed by atoms with van der Waals surface area (Å²) in [5, 5.41) is 0. The second-order valence-electron chi connectivity index (χ2n) is 29.3. The van der Waals surface area contributed by atoms with Crippen LogP contribution in [0.4, 0.5) is 35.1 Å². The van der Waals surface area contributed by atoms with E-state index < -0.39 is 0 Å². The number of aryl methyl sites for hydroxylation is 8. The van der Waals surface area contributed by atoms with Crippen LogP contribution in [0.15, 0.2) is 315 Å². The summed E-state index contributed by atoms with van der Waals surface area (Å²) < 4.78 is 110. The topological polar surface area (TPSA) is 0 Å². The van der Waals surface area contributed by atoms with Crippen LogP contribution in [0.2, 0.25) is 0 Å². The van der Waals surface area contributed by atoms with Crippen molar-refractivity contribution in [2.24, 2.45) is 0 Å². The Balaban J connectivity index is 0.000000191. The van der Waals surface area contributed by atoms with E-state index in [2.05, 4.69) is 113 Å². The summed E-state index contributed by atoms with van der Waals surface area (Å²) in [5.74, 6) is -1.50. The van der Waals surface area contributed by atoms with Crippen molar-refractivity contribution in [3.8, 4) is 89.0 Å². The summed E-state index contributed by atoms with van der Waals surface area (Å²) in [6, 6.07) is 86.5. The molecule has 0 amide bonds. The van der Waals surface area contributed by atoms with Gasteiger partial charge in [-0.1, -0.05) is 328 Å². The summed E-state index contributed by atoms with van der Waals surface area (Å²) in [4.78, 5) is 0. The van der Waals surface area contributed by atoms with E-state index in [-0.39, 0.29) is 54.0 Å². The Morgan fingerprint density at radius 1 is 0.217 bits per heavy atom. The quantitative estimate of drug-likeness (QED) is 0.0311. The third kappa shape index (κ3) is 28.8. The molecule has 12 rings (SSSR count). The molecule has 596 valence electrons. The fraction of sp³-hybridized carbons (Fsp3) is 0.252. The summed E-state index contributed by atoms with van der Waals surface area (Å²) in [7, 11) is 0. The highest BCUT2D eigenvalue weighted by Gasteiger charge is 2.14. The zero-order valence-corrected chi connectivity index (χ0v) is 67.5. The molecule has 0 radical (unpaired) electrons. The molecule has 0 saturated carbocycles. The maximum Gasteiger partial charge on any atom is 0.131 e. The van der Waals surface area contributed by atoms with E-state index in [4.69, 9.17) is 0 Å². The summed E-state index contributed by atoms with van der Waals surface area (Å²) in [6.45, 7) is 14.5. The Morgan fingerprint density at radius 3 is 0.626 bits per heavy atom. The fourth-order valence-electron chi connectivity index (χ4n) is 13.6. The minimum atomic E-state index is -0.226. The van der Waals surface area contributed by atoms with Crippen LogP contribution in [0.1, 0.15) is 172 Å². The van der Waals surface area contributed by atoms with Crippen LogP contribution in [-0.2, 0) is 51.4 Å². The van der Waals surface area contributed by atoms with Gasteiger partial charge in [0.1, 0.15) is 23.3 Å². The molecule has 0 bridgehead atoms. The molecule has 0 nitrogen and oxygen atoms in total.